The van der Waals surface area contributed by atoms with Crippen LogP contribution in [0, 0.1) is 5.92 Å². The predicted octanol–water partition coefficient (Wildman–Crippen LogP) is 4.07. The van der Waals surface area contributed by atoms with Crippen LogP contribution in [-0.2, 0) is 4.74 Å². The topological polar surface area (TPSA) is 75.3 Å². The Morgan fingerprint density at radius 2 is 2.21 bits per heavy atom. The normalized spacial score (nSPS) is 21.5. The number of likely N-dealkylation sites (tertiary alicyclic amines) is 1. The van der Waals surface area contributed by atoms with E-state index in [1.807, 2.05) is 26.8 Å². The second-order valence-electron chi connectivity index (χ2n) is 7.21. The Hall–Kier alpha value is -1.41. The molecular weight excluding hydrogens is 394 g/mol. The van der Waals surface area contributed by atoms with Gasteiger partial charge in [0.25, 0.3) is 5.56 Å². The number of nitrogens with zero attached hydrogens (tertiary/aromatic N) is 2. The Kier molecular flexibility index (Phi) is 4.46. The molecule has 1 amide bonds. The second kappa shape index (κ2) is 6.15. The van der Waals surface area contributed by atoms with Gasteiger partial charge < -0.3 is 9.72 Å². The van der Waals surface area contributed by atoms with Gasteiger partial charge in [-0.15, -0.1) is 11.3 Å². The molecule has 6 nitrogen and oxygen atoms in total. The summed E-state index contributed by atoms with van der Waals surface area (Å²) in [6, 6.07) is 1.56. The van der Waals surface area contributed by atoms with Gasteiger partial charge in [-0.2, -0.15) is 0 Å². The molecule has 1 aliphatic heterocycles. The summed E-state index contributed by atoms with van der Waals surface area (Å²) in [6.07, 6.45) is 0.380. The minimum atomic E-state index is -0.559. The highest BCUT2D eigenvalue weighted by Gasteiger charge is 2.38. The molecular formula is C16H20BrN3O3S. The predicted molar refractivity (Wildman–Crippen MR) is 97.4 cm³/mol. The van der Waals surface area contributed by atoms with Crippen LogP contribution >= 0.6 is 27.3 Å². The van der Waals surface area contributed by atoms with Crippen LogP contribution in [0.5, 0.6) is 0 Å². The van der Waals surface area contributed by atoms with Crippen LogP contribution in [0.2, 0.25) is 0 Å². The molecule has 130 valence electrons. The van der Waals surface area contributed by atoms with E-state index in [0.717, 1.165) is 10.2 Å². The number of amides is 1. The van der Waals surface area contributed by atoms with E-state index in [0.29, 0.717) is 28.5 Å². The van der Waals surface area contributed by atoms with Crippen LogP contribution in [0.25, 0.3) is 10.2 Å². The standard InChI is InChI=1S/C16H20BrN3O3S/c1-8-5-10(20(7-8)15(22)23-16(2,3)4)13-18-9-6-11(17)24-12(9)14(21)19-13/h6,8,10H,5,7H2,1-4H3,(H,18,19,21)/t8-,10-/m0/s1. The van der Waals surface area contributed by atoms with Gasteiger partial charge in [0.15, 0.2) is 0 Å². The first-order valence-electron chi connectivity index (χ1n) is 7.83. The number of hydrogen-bond donors (Lipinski definition) is 1. The molecule has 2 atom stereocenters. The molecule has 0 bridgehead atoms. The Labute approximate surface area is 152 Å². The van der Waals surface area contributed by atoms with Crippen molar-refractivity contribution in [3.8, 4) is 0 Å². The highest BCUT2D eigenvalue weighted by molar-refractivity contribution is 9.11. The van der Waals surface area contributed by atoms with Crippen LogP contribution in [0.3, 0.4) is 0 Å². The fourth-order valence-corrected chi connectivity index (χ4v) is 4.33. The number of thiophene rings is 1. The Bertz CT molecular complexity index is 839. The molecule has 3 heterocycles. The average Bonchev–Trinajstić information content (AvgIpc) is 2.99. The number of hydrogen-bond acceptors (Lipinski definition) is 5. The van der Waals surface area contributed by atoms with Crippen molar-refractivity contribution in [1.29, 1.82) is 0 Å². The van der Waals surface area contributed by atoms with E-state index in [-0.39, 0.29) is 17.7 Å². The molecule has 24 heavy (non-hydrogen) atoms. The third-order valence-corrected chi connectivity index (χ3v) is 5.45. The number of fused-ring (bicyclic) bond motifs is 1. The molecule has 1 N–H and O–H groups in total. The summed E-state index contributed by atoms with van der Waals surface area (Å²) >= 11 is 4.74. The number of aromatic amines is 1. The highest BCUT2D eigenvalue weighted by Crippen LogP contribution is 2.35. The maximum absolute atomic E-state index is 12.5. The summed E-state index contributed by atoms with van der Waals surface area (Å²) in [5.41, 5.74) is -0.0834. The molecule has 0 unspecified atom stereocenters. The van der Waals surface area contributed by atoms with E-state index in [1.54, 1.807) is 4.90 Å². The van der Waals surface area contributed by atoms with Gasteiger partial charge in [0.05, 0.1) is 15.3 Å². The summed E-state index contributed by atoms with van der Waals surface area (Å²) in [4.78, 5) is 33.9. The van der Waals surface area contributed by atoms with Gasteiger partial charge in [0.1, 0.15) is 16.1 Å². The largest absolute Gasteiger partial charge is 0.444 e. The zero-order chi connectivity index (χ0) is 17.6. The Morgan fingerprint density at radius 1 is 1.50 bits per heavy atom. The molecule has 1 saturated heterocycles. The molecule has 0 aliphatic carbocycles. The van der Waals surface area contributed by atoms with Gasteiger partial charge in [-0.05, 0) is 55.1 Å². The highest BCUT2D eigenvalue weighted by atomic mass is 79.9. The van der Waals surface area contributed by atoms with Crippen LogP contribution in [0.4, 0.5) is 4.79 Å². The summed E-state index contributed by atoms with van der Waals surface area (Å²) < 4.78 is 6.95. The number of aromatic nitrogens is 2. The molecule has 3 rings (SSSR count). The van der Waals surface area contributed by atoms with E-state index in [9.17, 15) is 9.59 Å². The lowest BCUT2D eigenvalue weighted by Crippen LogP contribution is -2.37. The van der Waals surface area contributed by atoms with E-state index >= 15 is 0 Å². The van der Waals surface area contributed by atoms with Crippen LogP contribution in [-0.4, -0.2) is 33.1 Å². The molecule has 0 saturated carbocycles. The minimum absolute atomic E-state index is 0.172. The first-order chi connectivity index (χ1) is 11.1. The SMILES string of the molecule is C[C@H]1C[C@@H](c2nc3cc(Br)sc3c(=O)[nH]2)N(C(=O)OC(C)(C)C)C1. The number of nitrogens with one attached hydrogen (secondary N) is 1. The average molecular weight is 414 g/mol. The summed E-state index contributed by atoms with van der Waals surface area (Å²) in [5.74, 6) is 0.839. The van der Waals surface area contributed by atoms with Crippen LogP contribution in [0.1, 0.15) is 46.0 Å². The smallest absolute Gasteiger partial charge is 0.410 e. The molecule has 1 fully saturated rings. The molecule has 0 spiro atoms. The van der Waals surface area contributed by atoms with Crippen molar-refractivity contribution in [2.45, 2.75) is 45.8 Å². The lowest BCUT2D eigenvalue weighted by molar-refractivity contribution is 0.0214. The van der Waals surface area contributed by atoms with Crippen molar-refractivity contribution in [1.82, 2.24) is 14.9 Å². The summed E-state index contributed by atoms with van der Waals surface area (Å²) in [5, 5.41) is 0. The Morgan fingerprint density at radius 3 is 2.88 bits per heavy atom. The first kappa shape index (κ1) is 17.4. The second-order valence-corrected chi connectivity index (χ2v) is 9.64. The van der Waals surface area contributed by atoms with Crippen molar-refractivity contribution in [2.24, 2.45) is 5.92 Å². The van der Waals surface area contributed by atoms with Crippen LogP contribution in [0.15, 0.2) is 14.6 Å². The fraction of sp³-hybridized carbons (Fsp3) is 0.562. The minimum Gasteiger partial charge on any atom is -0.444 e. The summed E-state index contributed by atoms with van der Waals surface area (Å²) in [7, 11) is 0. The number of halogens is 1. The molecule has 0 aromatic carbocycles. The van der Waals surface area contributed by atoms with Crippen molar-refractivity contribution < 1.29 is 9.53 Å². The van der Waals surface area contributed by atoms with Crippen molar-refractivity contribution in [3.05, 3.63) is 26.0 Å². The third kappa shape index (κ3) is 3.49. The first-order valence-corrected chi connectivity index (χ1v) is 9.44. The molecule has 2 aromatic heterocycles. The van der Waals surface area contributed by atoms with Crippen LogP contribution < -0.4 is 5.56 Å². The van der Waals surface area contributed by atoms with E-state index in [1.165, 1.54) is 11.3 Å². The zero-order valence-corrected chi connectivity index (χ0v) is 16.5. The maximum atomic E-state index is 12.5. The lowest BCUT2D eigenvalue weighted by Gasteiger charge is -2.28. The monoisotopic (exact) mass is 413 g/mol. The maximum Gasteiger partial charge on any atom is 0.410 e. The van der Waals surface area contributed by atoms with Crippen molar-refractivity contribution in [2.75, 3.05) is 6.54 Å². The molecule has 0 radical (unpaired) electrons. The fourth-order valence-electron chi connectivity index (χ4n) is 2.91. The number of ether oxygens (including phenoxy) is 1. The van der Waals surface area contributed by atoms with Gasteiger partial charge in [0, 0.05) is 6.54 Å². The van der Waals surface area contributed by atoms with Crippen molar-refractivity contribution in [3.63, 3.8) is 0 Å². The number of carbonyl (C=O) groups is 1. The number of carbonyl (C=O) groups excluding carboxylic acids is 1. The number of H-pyrrole nitrogens is 1. The molecule has 1 aliphatic rings. The lowest BCUT2D eigenvalue weighted by atomic mass is 10.1. The third-order valence-electron chi connectivity index (χ3n) is 3.82. The number of rotatable bonds is 1. The van der Waals surface area contributed by atoms with Crippen molar-refractivity contribution >= 4 is 43.6 Å². The van der Waals surface area contributed by atoms with Gasteiger partial charge in [-0.1, -0.05) is 6.92 Å². The zero-order valence-electron chi connectivity index (χ0n) is 14.1. The van der Waals surface area contributed by atoms with Gasteiger partial charge in [-0.25, -0.2) is 9.78 Å². The van der Waals surface area contributed by atoms with Gasteiger partial charge in [-0.3, -0.25) is 9.69 Å². The van der Waals surface area contributed by atoms with Gasteiger partial charge >= 0.3 is 6.09 Å². The summed E-state index contributed by atoms with van der Waals surface area (Å²) in [6.45, 7) is 8.20. The molecule has 8 heteroatoms. The van der Waals surface area contributed by atoms with E-state index < -0.39 is 5.60 Å². The quantitative estimate of drug-likeness (QED) is 0.764. The van der Waals surface area contributed by atoms with E-state index in [2.05, 4.69) is 32.8 Å². The van der Waals surface area contributed by atoms with Gasteiger partial charge in [0.2, 0.25) is 0 Å². The Balaban J connectivity index is 1.97. The van der Waals surface area contributed by atoms with E-state index in [4.69, 9.17) is 4.74 Å². The molecule has 2 aromatic rings.